The van der Waals surface area contributed by atoms with Gasteiger partial charge in [-0.3, -0.25) is 14.7 Å². The molecule has 2 aromatic heterocycles. The first-order valence-electron chi connectivity index (χ1n) is 11.6. The van der Waals surface area contributed by atoms with Gasteiger partial charge >= 0.3 is 6.09 Å². The molecular weight excluding hydrogens is 482 g/mol. The lowest BCUT2D eigenvalue weighted by Crippen LogP contribution is -2.39. The van der Waals surface area contributed by atoms with E-state index in [0.717, 1.165) is 11.6 Å². The first kappa shape index (κ1) is 25.7. The van der Waals surface area contributed by atoms with Gasteiger partial charge in [-0.1, -0.05) is 6.58 Å². The van der Waals surface area contributed by atoms with Crippen molar-refractivity contribution < 1.29 is 23.1 Å². The number of anilines is 3. The molecule has 1 aliphatic rings. The molecule has 0 saturated carbocycles. The topological polar surface area (TPSA) is 109 Å². The fourth-order valence-corrected chi connectivity index (χ4v) is 3.99. The summed E-state index contributed by atoms with van der Waals surface area (Å²) in [7, 11) is 0. The number of cyclic esters (lactones) is 1. The highest BCUT2D eigenvalue weighted by Crippen LogP contribution is 2.29. The van der Waals surface area contributed by atoms with E-state index in [1.54, 1.807) is 12.3 Å². The fourth-order valence-electron chi connectivity index (χ4n) is 3.99. The molecule has 2 amide bonds. The Balaban J connectivity index is 1.53. The Labute approximate surface area is 212 Å². The predicted molar refractivity (Wildman–Crippen MR) is 135 cm³/mol. The van der Waals surface area contributed by atoms with E-state index in [9.17, 15) is 18.4 Å². The van der Waals surface area contributed by atoms with E-state index in [1.165, 1.54) is 36.2 Å². The van der Waals surface area contributed by atoms with Crippen LogP contribution in [0.1, 0.15) is 31.1 Å². The van der Waals surface area contributed by atoms with Crippen LogP contribution in [0.4, 0.5) is 31.0 Å². The fraction of sp³-hybridized carbons (Fsp3) is 0.269. The Hall–Kier alpha value is -4.41. The van der Waals surface area contributed by atoms with Crippen molar-refractivity contribution in [2.45, 2.75) is 39.0 Å². The van der Waals surface area contributed by atoms with Crippen molar-refractivity contribution in [1.29, 1.82) is 0 Å². The molecule has 0 radical (unpaired) electrons. The van der Waals surface area contributed by atoms with Crippen LogP contribution in [0, 0.1) is 12.7 Å². The first-order valence-corrected chi connectivity index (χ1v) is 11.6. The molecule has 1 saturated heterocycles. The van der Waals surface area contributed by atoms with E-state index >= 15 is 0 Å². The molecule has 1 aromatic carbocycles. The lowest BCUT2D eigenvalue weighted by Gasteiger charge is -2.22. The van der Waals surface area contributed by atoms with Crippen molar-refractivity contribution in [1.82, 2.24) is 15.0 Å². The summed E-state index contributed by atoms with van der Waals surface area (Å²) in [6.45, 7) is 8.44. The summed E-state index contributed by atoms with van der Waals surface area (Å²) in [5.74, 6) is -0.485. The summed E-state index contributed by atoms with van der Waals surface area (Å²) in [5, 5.41) is 5.70. The smallest absolute Gasteiger partial charge is 0.416 e. The summed E-state index contributed by atoms with van der Waals surface area (Å²) >= 11 is 0. The number of nitrogens with zero attached hydrogens (tertiary/aromatic N) is 4. The molecule has 11 heteroatoms. The highest BCUT2D eigenvalue weighted by molar-refractivity contribution is 5.99. The number of aromatic nitrogens is 3. The molecule has 0 bridgehead atoms. The number of nitrogens with one attached hydrogen (secondary N) is 2. The maximum Gasteiger partial charge on any atom is 0.416 e. The quantitative estimate of drug-likeness (QED) is 0.414. The van der Waals surface area contributed by atoms with Gasteiger partial charge in [0.25, 0.3) is 0 Å². The number of halogens is 2. The summed E-state index contributed by atoms with van der Waals surface area (Å²) in [6, 6.07) is 6.51. The summed E-state index contributed by atoms with van der Waals surface area (Å²) in [6.07, 6.45) is 2.25. The standard InChI is InChI=1S/C26H26F2N6O3/c1-5-24(35)32-19-10-17(9-18(28)11-19)20-12-30-21(8-14(20)2)16(4)31-25-29-7-6-23(33-25)34-22(15(3)27)13-37-26(34)36/h5-12,15-16,22H,1,13H2,2-4H3,(H,32,35)(H,29,31,33)/t15-,16-,22+/m0/s1. The number of rotatable bonds is 8. The van der Waals surface area contributed by atoms with Crippen LogP contribution in [0.25, 0.3) is 11.1 Å². The lowest BCUT2D eigenvalue weighted by molar-refractivity contribution is -0.111. The SMILES string of the molecule is C=CC(=O)Nc1cc(F)cc(-c2cnc([C@H](C)Nc3nccc(N4C(=O)OC[C@@H]4[C@H](C)F)n3)cc2C)c1. The van der Waals surface area contributed by atoms with Crippen molar-refractivity contribution in [3.63, 3.8) is 0 Å². The van der Waals surface area contributed by atoms with Gasteiger partial charge in [-0.05, 0) is 68.3 Å². The second-order valence-electron chi connectivity index (χ2n) is 8.64. The molecule has 37 heavy (non-hydrogen) atoms. The second-order valence-corrected chi connectivity index (χ2v) is 8.64. The number of amides is 2. The summed E-state index contributed by atoms with van der Waals surface area (Å²) in [5.41, 5.74) is 3.06. The maximum absolute atomic E-state index is 14.2. The van der Waals surface area contributed by atoms with Crippen LogP contribution in [-0.2, 0) is 9.53 Å². The Morgan fingerprint density at radius 2 is 2.05 bits per heavy atom. The second kappa shape index (κ2) is 10.7. The zero-order chi connectivity index (χ0) is 26.7. The zero-order valence-corrected chi connectivity index (χ0v) is 20.5. The van der Waals surface area contributed by atoms with E-state index in [2.05, 4.69) is 32.2 Å². The number of alkyl halides is 1. The molecule has 3 aromatic rings. The van der Waals surface area contributed by atoms with Crippen molar-refractivity contribution >= 4 is 29.5 Å². The van der Waals surface area contributed by atoms with Crippen molar-refractivity contribution in [3.05, 3.63) is 72.5 Å². The van der Waals surface area contributed by atoms with Crippen LogP contribution in [0.3, 0.4) is 0 Å². The minimum Gasteiger partial charge on any atom is -0.447 e. The van der Waals surface area contributed by atoms with Gasteiger partial charge in [0.05, 0.1) is 11.7 Å². The molecular formula is C26H26F2N6O3. The van der Waals surface area contributed by atoms with Crippen LogP contribution in [0.15, 0.2) is 55.4 Å². The van der Waals surface area contributed by atoms with Gasteiger partial charge < -0.3 is 15.4 Å². The van der Waals surface area contributed by atoms with Crippen molar-refractivity contribution in [2.24, 2.45) is 0 Å². The van der Waals surface area contributed by atoms with Gasteiger partial charge in [0.1, 0.15) is 30.5 Å². The number of carbonyl (C=O) groups excluding carboxylic acids is 2. The van der Waals surface area contributed by atoms with Gasteiger partial charge in [-0.25, -0.2) is 18.6 Å². The molecule has 0 unspecified atom stereocenters. The van der Waals surface area contributed by atoms with Crippen molar-refractivity contribution in [2.75, 3.05) is 22.1 Å². The highest BCUT2D eigenvalue weighted by atomic mass is 19.1. The van der Waals surface area contributed by atoms with E-state index in [1.807, 2.05) is 19.9 Å². The summed E-state index contributed by atoms with van der Waals surface area (Å²) in [4.78, 5) is 38.0. The number of pyridine rings is 1. The molecule has 3 heterocycles. The van der Waals surface area contributed by atoms with Crippen LogP contribution in [0.5, 0.6) is 0 Å². The minimum atomic E-state index is -1.30. The predicted octanol–water partition coefficient (Wildman–Crippen LogP) is 4.97. The maximum atomic E-state index is 14.2. The zero-order valence-electron chi connectivity index (χ0n) is 20.5. The first-order chi connectivity index (χ1) is 17.7. The van der Waals surface area contributed by atoms with E-state index < -0.39 is 30.0 Å². The Kier molecular flexibility index (Phi) is 7.42. The van der Waals surface area contributed by atoms with Crippen molar-refractivity contribution in [3.8, 4) is 11.1 Å². The molecule has 2 N–H and O–H groups in total. The van der Waals surface area contributed by atoms with Crippen LogP contribution >= 0.6 is 0 Å². The van der Waals surface area contributed by atoms with Crippen LogP contribution in [-0.4, -0.2) is 45.8 Å². The van der Waals surface area contributed by atoms with Gasteiger partial charge in [0.2, 0.25) is 11.9 Å². The third-order valence-electron chi connectivity index (χ3n) is 5.91. The molecule has 3 atom stereocenters. The van der Waals surface area contributed by atoms with Gasteiger partial charge in [0.15, 0.2) is 0 Å². The number of ether oxygens (including phenoxy) is 1. The monoisotopic (exact) mass is 508 g/mol. The molecule has 0 aliphatic carbocycles. The van der Waals surface area contributed by atoms with Crippen LogP contribution in [0.2, 0.25) is 0 Å². The average molecular weight is 509 g/mol. The average Bonchev–Trinajstić information content (AvgIpc) is 3.25. The number of hydrogen-bond donors (Lipinski definition) is 2. The molecule has 4 rings (SSSR count). The third kappa shape index (κ3) is 5.71. The van der Waals surface area contributed by atoms with Gasteiger partial charge in [0, 0.05) is 23.6 Å². The molecule has 1 aliphatic heterocycles. The molecule has 0 spiro atoms. The normalized spacial score (nSPS) is 16.6. The molecule has 1 fully saturated rings. The lowest BCUT2D eigenvalue weighted by atomic mass is 10.0. The van der Waals surface area contributed by atoms with E-state index in [0.29, 0.717) is 22.5 Å². The highest BCUT2D eigenvalue weighted by Gasteiger charge is 2.39. The molecule has 9 nitrogen and oxygen atoms in total. The Bertz CT molecular complexity index is 1350. The summed E-state index contributed by atoms with van der Waals surface area (Å²) < 4.78 is 33.2. The van der Waals surface area contributed by atoms with E-state index in [4.69, 9.17) is 4.74 Å². The Morgan fingerprint density at radius 3 is 2.76 bits per heavy atom. The largest absolute Gasteiger partial charge is 0.447 e. The minimum absolute atomic E-state index is 0.0529. The van der Waals surface area contributed by atoms with Gasteiger partial charge in [-0.15, -0.1) is 0 Å². The Morgan fingerprint density at radius 1 is 1.27 bits per heavy atom. The molecule has 192 valence electrons. The third-order valence-corrected chi connectivity index (χ3v) is 5.91. The number of benzene rings is 1. The van der Waals surface area contributed by atoms with Crippen LogP contribution < -0.4 is 15.5 Å². The number of aryl methyl sites for hydroxylation is 1. The number of carbonyl (C=O) groups is 2. The van der Waals surface area contributed by atoms with Gasteiger partial charge in [-0.2, -0.15) is 4.98 Å². The number of hydrogen-bond acceptors (Lipinski definition) is 7. The van der Waals surface area contributed by atoms with E-state index in [-0.39, 0.29) is 24.4 Å².